The average Bonchev–Trinajstić information content (AvgIpc) is 2.15. The van der Waals surface area contributed by atoms with Gasteiger partial charge in [-0.25, -0.2) is 4.39 Å². The van der Waals surface area contributed by atoms with Crippen molar-refractivity contribution in [2.75, 3.05) is 6.61 Å². The Morgan fingerprint density at radius 3 is 2.40 bits per heavy atom. The Labute approximate surface area is 83.3 Å². The number of hydrogen-bond acceptors (Lipinski definition) is 2. The third-order valence-electron chi connectivity index (χ3n) is 1.93. The van der Waals surface area contributed by atoms with Crippen LogP contribution >= 0.6 is 0 Å². The predicted molar refractivity (Wildman–Crippen MR) is 45.4 cm³/mol. The van der Waals surface area contributed by atoms with Crippen LogP contribution in [-0.4, -0.2) is 11.7 Å². The molecule has 15 heavy (non-hydrogen) atoms. The zero-order chi connectivity index (χ0) is 11.6. The summed E-state index contributed by atoms with van der Waals surface area (Å²) in [6.07, 6.45) is -4.68. The SMILES string of the molecule is N[C@@H](CO)c1c(F)cccc1C(F)(F)F. The lowest BCUT2D eigenvalue weighted by atomic mass is 10.0. The van der Waals surface area contributed by atoms with Crippen LogP contribution in [0.1, 0.15) is 17.2 Å². The van der Waals surface area contributed by atoms with E-state index in [-0.39, 0.29) is 0 Å². The van der Waals surface area contributed by atoms with E-state index in [9.17, 15) is 17.6 Å². The number of benzene rings is 1. The minimum absolute atomic E-state index is 0.701. The van der Waals surface area contributed by atoms with Crippen molar-refractivity contribution in [3.8, 4) is 0 Å². The lowest BCUT2D eigenvalue weighted by Gasteiger charge is -2.17. The topological polar surface area (TPSA) is 46.2 Å². The largest absolute Gasteiger partial charge is 0.416 e. The standard InChI is InChI=1S/C9H9F4NO/c10-6-3-1-2-5(9(11,12)13)8(6)7(14)4-15/h1-3,7,15H,4,14H2/t7-/m0/s1. The lowest BCUT2D eigenvalue weighted by Crippen LogP contribution is -2.21. The van der Waals surface area contributed by atoms with E-state index in [1.165, 1.54) is 0 Å². The van der Waals surface area contributed by atoms with Gasteiger partial charge in [-0.15, -0.1) is 0 Å². The molecule has 0 aliphatic heterocycles. The lowest BCUT2D eigenvalue weighted by molar-refractivity contribution is -0.138. The zero-order valence-corrected chi connectivity index (χ0v) is 7.55. The van der Waals surface area contributed by atoms with Crippen molar-refractivity contribution in [3.63, 3.8) is 0 Å². The second kappa shape index (κ2) is 4.16. The fourth-order valence-corrected chi connectivity index (χ4v) is 1.25. The summed E-state index contributed by atoms with van der Waals surface area (Å²) >= 11 is 0. The van der Waals surface area contributed by atoms with Gasteiger partial charge in [0.05, 0.1) is 18.2 Å². The maximum Gasteiger partial charge on any atom is 0.416 e. The molecule has 0 spiro atoms. The maximum atomic E-state index is 13.1. The Morgan fingerprint density at radius 1 is 1.33 bits per heavy atom. The van der Waals surface area contributed by atoms with Crippen LogP contribution in [0.2, 0.25) is 0 Å². The number of alkyl halides is 3. The van der Waals surface area contributed by atoms with E-state index in [1.807, 2.05) is 0 Å². The fraction of sp³-hybridized carbons (Fsp3) is 0.333. The second-order valence-corrected chi connectivity index (χ2v) is 2.99. The molecule has 0 saturated heterocycles. The molecule has 0 fully saturated rings. The number of aliphatic hydroxyl groups is 1. The summed E-state index contributed by atoms with van der Waals surface area (Å²) in [5.74, 6) is -1.06. The summed E-state index contributed by atoms with van der Waals surface area (Å²) in [6, 6.07) is 1.18. The van der Waals surface area contributed by atoms with Crippen LogP contribution in [0.25, 0.3) is 0 Å². The summed E-state index contributed by atoms with van der Waals surface area (Å²) in [5.41, 5.74) is 3.35. The summed E-state index contributed by atoms with van der Waals surface area (Å²) in [6.45, 7) is -0.746. The molecule has 0 saturated carbocycles. The summed E-state index contributed by atoms with van der Waals surface area (Å²) < 4.78 is 50.4. The van der Waals surface area contributed by atoms with Crippen molar-refractivity contribution in [2.24, 2.45) is 5.73 Å². The maximum absolute atomic E-state index is 13.1. The van der Waals surface area contributed by atoms with Crippen molar-refractivity contribution in [2.45, 2.75) is 12.2 Å². The van der Waals surface area contributed by atoms with Crippen LogP contribution in [0.15, 0.2) is 18.2 Å². The van der Waals surface area contributed by atoms with Gasteiger partial charge in [0, 0.05) is 5.56 Å². The Balaban J connectivity index is 3.33. The molecule has 0 aromatic heterocycles. The molecule has 3 N–H and O–H groups in total. The van der Waals surface area contributed by atoms with Gasteiger partial charge in [0.15, 0.2) is 0 Å². The van der Waals surface area contributed by atoms with Crippen molar-refractivity contribution in [1.82, 2.24) is 0 Å². The highest BCUT2D eigenvalue weighted by atomic mass is 19.4. The summed E-state index contributed by atoms with van der Waals surface area (Å²) in [4.78, 5) is 0. The van der Waals surface area contributed by atoms with Gasteiger partial charge in [0.25, 0.3) is 0 Å². The average molecular weight is 223 g/mol. The molecule has 2 nitrogen and oxygen atoms in total. The van der Waals surface area contributed by atoms with Crippen molar-refractivity contribution < 1.29 is 22.7 Å². The Morgan fingerprint density at radius 2 is 1.93 bits per heavy atom. The number of rotatable bonds is 2. The molecule has 1 atom stereocenters. The molecule has 0 aliphatic carbocycles. The summed E-state index contributed by atoms with van der Waals surface area (Å²) in [7, 11) is 0. The van der Waals surface area contributed by atoms with Gasteiger partial charge in [0.1, 0.15) is 5.82 Å². The van der Waals surface area contributed by atoms with Gasteiger partial charge in [-0.3, -0.25) is 0 Å². The van der Waals surface area contributed by atoms with Crippen molar-refractivity contribution >= 4 is 0 Å². The van der Waals surface area contributed by atoms with Gasteiger partial charge in [-0.2, -0.15) is 13.2 Å². The van der Waals surface area contributed by atoms with Crippen LogP contribution in [-0.2, 0) is 6.18 Å². The number of aliphatic hydroxyl groups excluding tert-OH is 1. The van der Waals surface area contributed by atoms with E-state index in [0.29, 0.717) is 0 Å². The highest BCUT2D eigenvalue weighted by Gasteiger charge is 2.35. The van der Waals surface area contributed by atoms with E-state index < -0.39 is 35.8 Å². The second-order valence-electron chi connectivity index (χ2n) is 2.99. The van der Waals surface area contributed by atoms with Gasteiger partial charge in [0.2, 0.25) is 0 Å². The first-order valence-corrected chi connectivity index (χ1v) is 4.10. The third kappa shape index (κ3) is 2.45. The van der Waals surface area contributed by atoms with Crippen LogP contribution < -0.4 is 5.73 Å². The minimum Gasteiger partial charge on any atom is -0.394 e. The smallest absolute Gasteiger partial charge is 0.394 e. The van der Waals surface area contributed by atoms with Gasteiger partial charge >= 0.3 is 6.18 Å². The predicted octanol–water partition coefficient (Wildman–Crippen LogP) is 1.84. The Hall–Kier alpha value is -1.14. The van der Waals surface area contributed by atoms with E-state index in [4.69, 9.17) is 10.8 Å². The molecule has 0 amide bonds. The first-order valence-electron chi connectivity index (χ1n) is 4.10. The molecule has 0 unspecified atom stereocenters. The fourth-order valence-electron chi connectivity index (χ4n) is 1.25. The van der Waals surface area contributed by atoms with Crippen LogP contribution in [0.5, 0.6) is 0 Å². The molecule has 6 heteroatoms. The monoisotopic (exact) mass is 223 g/mol. The van der Waals surface area contributed by atoms with Gasteiger partial charge in [-0.05, 0) is 12.1 Å². The quantitative estimate of drug-likeness (QED) is 0.751. The molecular formula is C9H9F4NO. The summed E-state index contributed by atoms with van der Waals surface area (Å²) in [5, 5.41) is 8.64. The van der Waals surface area contributed by atoms with Crippen LogP contribution in [0.3, 0.4) is 0 Å². The first-order chi connectivity index (χ1) is 6.88. The molecule has 1 aromatic rings. The van der Waals surface area contributed by atoms with E-state index in [0.717, 1.165) is 18.2 Å². The molecule has 84 valence electrons. The van der Waals surface area contributed by atoms with E-state index >= 15 is 0 Å². The molecule has 0 heterocycles. The molecule has 0 bridgehead atoms. The minimum atomic E-state index is -4.68. The highest BCUT2D eigenvalue weighted by Crippen LogP contribution is 2.35. The molecule has 1 rings (SSSR count). The molecule has 0 radical (unpaired) electrons. The van der Waals surface area contributed by atoms with Crippen molar-refractivity contribution in [3.05, 3.63) is 35.1 Å². The normalized spacial score (nSPS) is 14.0. The van der Waals surface area contributed by atoms with Crippen LogP contribution in [0, 0.1) is 5.82 Å². The Kier molecular flexibility index (Phi) is 3.31. The van der Waals surface area contributed by atoms with Crippen LogP contribution in [0.4, 0.5) is 17.6 Å². The molecule has 0 aliphatic rings. The number of nitrogens with two attached hydrogens (primary N) is 1. The molecule has 1 aromatic carbocycles. The highest BCUT2D eigenvalue weighted by molar-refractivity contribution is 5.33. The van der Waals surface area contributed by atoms with Crippen molar-refractivity contribution in [1.29, 1.82) is 0 Å². The van der Waals surface area contributed by atoms with E-state index in [2.05, 4.69) is 0 Å². The third-order valence-corrected chi connectivity index (χ3v) is 1.93. The van der Waals surface area contributed by atoms with Gasteiger partial charge < -0.3 is 10.8 Å². The zero-order valence-electron chi connectivity index (χ0n) is 7.55. The molecular weight excluding hydrogens is 214 g/mol. The first kappa shape index (κ1) is 11.9. The Bertz CT molecular complexity index is 350. The number of hydrogen-bond donors (Lipinski definition) is 2. The van der Waals surface area contributed by atoms with Gasteiger partial charge in [-0.1, -0.05) is 6.07 Å². The number of halogens is 4. The van der Waals surface area contributed by atoms with E-state index in [1.54, 1.807) is 0 Å².